The van der Waals surface area contributed by atoms with Crippen LogP contribution >= 0.6 is 0 Å². The fraction of sp³-hybridized carbons (Fsp3) is 1.00. The van der Waals surface area contributed by atoms with Crippen molar-refractivity contribution < 1.29 is 5.11 Å². The first-order valence-electron chi connectivity index (χ1n) is 8.84. The summed E-state index contributed by atoms with van der Waals surface area (Å²) >= 11 is 0. The van der Waals surface area contributed by atoms with E-state index in [-0.39, 0.29) is 11.6 Å². The number of hydrogen-bond acceptors (Lipinski definition) is 2. The zero-order chi connectivity index (χ0) is 14.8. The van der Waals surface area contributed by atoms with E-state index in [2.05, 4.69) is 32.6 Å². The van der Waals surface area contributed by atoms with E-state index < -0.39 is 0 Å². The molecule has 2 rings (SSSR count). The summed E-state index contributed by atoms with van der Waals surface area (Å²) in [6, 6.07) is 0. The molecule has 1 saturated carbocycles. The van der Waals surface area contributed by atoms with Gasteiger partial charge in [-0.15, -0.1) is 0 Å². The van der Waals surface area contributed by atoms with E-state index in [1.807, 2.05) is 0 Å². The lowest BCUT2D eigenvalue weighted by molar-refractivity contribution is -0.0591. The Kier molecular flexibility index (Phi) is 5.53. The van der Waals surface area contributed by atoms with Crippen molar-refractivity contribution in [2.45, 2.75) is 84.3 Å². The first-order chi connectivity index (χ1) is 9.41. The molecule has 2 fully saturated rings. The van der Waals surface area contributed by atoms with Crippen LogP contribution in [0.3, 0.4) is 0 Å². The second-order valence-electron chi connectivity index (χ2n) is 8.18. The van der Waals surface area contributed by atoms with E-state index >= 15 is 0 Å². The van der Waals surface area contributed by atoms with Gasteiger partial charge in [0.05, 0.1) is 6.10 Å². The number of likely N-dealkylation sites (tertiary alicyclic amines) is 1. The number of nitrogens with zero attached hydrogens (tertiary/aromatic N) is 1. The molecule has 2 aliphatic rings. The van der Waals surface area contributed by atoms with Crippen LogP contribution < -0.4 is 0 Å². The summed E-state index contributed by atoms with van der Waals surface area (Å²) in [6.07, 6.45) is 8.91. The van der Waals surface area contributed by atoms with Crippen molar-refractivity contribution >= 4 is 0 Å². The van der Waals surface area contributed by atoms with E-state index in [0.717, 1.165) is 11.8 Å². The predicted molar refractivity (Wildman–Crippen MR) is 85.8 cm³/mol. The molecular weight excluding hydrogens is 246 g/mol. The van der Waals surface area contributed by atoms with Gasteiger partial charge in [0.2, 0.25) is 0 Å². The van der Waals surface area contributed by atoms with Crippen LogP contribution in [-0.4, -0.2) is 34.7 Å². The van der Waals surface area contributed by atoms with Crippen molar-refractivity contribution in [3.8, 4) is 0 Å². The maximum Gasteiger partial charge on any atom is 0.0746 e. The topological polar surface area (TPSA) is 23.5 Å². The molecule has 0 aromatic rings. The number of hydrogen-bond donors (Lipinski definition) is 1. The third kappa shape index (κ3) is 3.76. The summed E-state index contributed by atoms with van der Waals surface area (Å²) in [5, 5.41) is 11.0. The van der Waals surface area contributed by atoms with Crippen LogP contribution in [0.1, 0.15) is 72.6 Å². The number of rotatable bonds is 3. The first kappa shape index (κ1) is 16.3. The first-order valence-corrected chi connectivity index (χ1v) is 8.84. The van der Waals surface area contributed by atoms with Crippen LogP contribution in [0.15, 0.2) is 0 Å². The van der Waals surface area contributed by atoms with Gasteiger partial charge in [-0.2, -0.15) is 0 Å². The molecule has 1 saturated heterocycles. The van der Waals surface area contributed by atoms with Gasteiger partial charge >= 0.3 is 0 Å². The summed E-state index contributed by atoms with van der Waals surface area (Å²) < 4.78 is 0. The summed E-state index contributed by atoms with van der Waals surface area (Å²) in [5.41, 5.74) is -0.0637. The quantitative estimate of drug-likeness (QED) is 0.843. The second-order valence-corrected chi connectivity index (χ2v) is 8.18. The molecule has 0 bridgehead atoms. The third-order valence-corrected chi connectivity index (χ3v) is 5.81. The van der Waals surface area contributed by atoms with Gasteiger partial charge in [0, 0.05) is 5.54 Å². The van der Waals surface area contributed by atoms with Crippen molar-refractivity contribution in [2.75, 3.05) is 13.1 Å². The van der Waals surface area contributed by atoms with Crippen LogP contribution in [0, 0.1) is 17.8 Å². The molecule has 0 spiro atoms. The molecule has 20 heavy (non-hydrogen) atoms. The predicted octanol–water partition coefficient (Wildman–Crippen LogP) is 4.07. The molecule has 3 atom stereocenters. The van der Waals surface area contributed by atoms with Crippen LogP contribution in [0.5, 0.6) is 0 Å². The highest BCUT2D eigenvalue weighted by Crippen LogP contribution is 2.39. The Balaban J connectivity index is 2.02. The Labute approximate surface area is 125 Å². The summed E-state index contributed by atoms with van der Waals surface area (Å²) in [5.74, 6) is 2.05. The van der Waals surface area contributed by atoms with Gasteiger partial charge < -0.3 is 5.11 Å². The van der Waals surface area contributed by atoms with Gasteiger partial charge in [0.1, 0.15) is 0 Å². The molecule has 2 nitrogen and oxygen atoms in total. The lowest BCUT2D eigenvalue weighted by Gasteiger charge is -2.46. The molecule has 1 N–H and O–H groups in total. The van der Waals surface area contributed by atoms with Gasteiger partial charge in [0.25, 0.3) is 0 Å². The lowest BCUT2D eigenvalue weighted by atomic mass is 9.70. The smallest absolute Gasteiger partial charge is 0.0746 e. The average Bonchev–Trinajstić information content (AvgIpc) is 2.65. The molecule has 118 valence electrons. The maximum atomic E-state index is 11.0. The highest BCUT2D eigenvalue weighted by atomic mass is 16.3. The second kappa shape index (κ2) is 6.79. The average molecular weight is 281 g/mol. The zero-order valence-electron chi connectivity index (χ0n) is 14.1. The fourth-order valence-electron chi connectivity index (χ4n) is 4.68. The summed E-state index contributed by atoms with van der Waals surface area (Å²) in [7, 11) is 0. The fourth-order valence-corrected chi connectivity index (χ4v) is 4.68. The number of aliphatic hydroxyl groups is 1. The van der Waals surface area contributed by atoms with Crippen LogP contribution in [-0.2, 0) is 0 Å². The van der Waals surface area contributed by atoms with E-state index in [1.54, 1.807) is 0 Å². The Morgan fingerprint density at radius 2 is 1.40 bits per heavy atom. The van der Waals surface area contributed by atoms with Crippen molar-refractivity contribution in [1.29, 1.82) is 0 Å². The highest BCUT2D eigenvalue weighted by Gasteiger charge is 2.41. The van der Waals surface area contributed by atoms with Crippen LogP contribution in [0.4, 0.5) is 0 Å². The zero-order valence-corrected chi connectivity index (χ0v) is 14.1. The Morgan fingerprint density at radius 3 is 1.90 bits per heavy atom. The van der Waals surface area contributed by atoms with Crippen molar-refractivity contribution in [3.05, 3.63) is 0 Å². The van der Waals surface area contributed by atoms with Crippen molar-refractivity contribution in [1.82, 2.24) is 4.90 Å². The van der Waals surface area contributed by atoms with E-state index in [9.17, 15) is 5.11 Å². The molecule has 1 heterocycles. The molecule has 0 aromatic carbocycles. The monoisotopic (exact) mass is 281 g/mol. The molecule has 0 radical (unpaired) electrons. The summed E-state index contributed by atoms with van der Waals surface area (Å²) in [6.45, 7) is 11.6. The van der Waals surface area contributed by atoms with Gasteiger partial charge in [-0.1, -0.05) is 26.7 Å². The largest absolute Gasteiger partial charge is 0.391 e. The Bertz CT molecular complexity index is 284. The lowest BCUT2D eigenvalue weighted by Crippen LogP contribution is -2.56. The Hall–Kier alpha value is -0.0800. The van der Waals surface area contributed by atoms with E-state index in [0.29, 0.717) is 5.92 Å². The highest BCUT2D eigenvalue weighted by molar-refractivity contribution is 4.95. The molecule has 1 aliphatic heterocycles. The summed E-state index contributed by atoms with van der Waals surface area (Å²) in [4.78, 5) is 2.56. The number of aliphatic hydroxyl groups excluding tert-OH is 1. The molecule has 0 amide bonds. The normalized spacial score (nSPS) is 35.5. The minimum atomic E-state index is -0.175. The SMILES string of the molecule is CC1CC(C)CC(C(O)C(C)(C)N2CCCCCC2)C1. The standard InChI is InChI=1S/C18H35NO/c1-14-11-15(2)13-16(12-14)17(20)18(3,4)19-9-7-5-6-8-10-19/h14-17,20H,5-13H2,1-4H3. The van der Waals surface area contributed by atoms with Crippen molar-refractivity contribution in [2.24, 2.45) is 17.8 Å². The minimum Gasteiger partial charge on any atom is -0.391 e. The molecular formula is C18H35NO. The van der Waals surface area contributed by atoms with Crippen molar-refractivity contribution in [3.63, 3.8) is 0 Å². The molecule has 3 unspecified atom stereocenters. The van der Waals surface area contributed by atoms with Gasteiger partial charge in [0.15, 0.2) is 0 Å². The van der Waals surface area contributed by atoms with Crippen LogP contribution in [0.25, 0.3) is 0 Å². The molecule has 0 aromatic heterocycles. The minimum absolute atomic E-state index is 0.0637. The van der Waals surface area contributed by atoms with E-state index in [1.165, 1.54) is 58.0 Å². The van der Waals surface area contributed by atoms with Gasteiger partial charge in [-0.05, 0) is 76.8 Å². The van der Waals surface area contributed by atoms with Gasteiger partial charge in [-0.3, -0.25) is 4.90 Å². The maximum absolute atomic E-state index is 11.0. The van der Waals surface area contributed by atoms with Crippen LogP contribution in [0.2, 0.25) is 0 Å². The van der Waals surface area contributed by atoms with E-state index in [4.69, 9.17) is 0 Å². The van der Waals surface area contributed by atoms with Gasteiger partial charge in [-0.25, -0.2) is 0 Å². The molecule has 2 heteroatoms. The third-order valence-electron chi connectivity index (χ3n) is 5.81. The Morgan fingerprint density at radius 1 is 0.900 bits per heavy atom. The molecule has 1 aliphatic carbocycles.